The van der Waals surface area contributed by atoms with E-state index in [0.717, 1.165) is 0 Å². The molecule has 0 radical (unpaired) electrons. The predicted molar refractivity (Wildman–Crippen MR) is 151 cm³/mol. The molecule has 40 heavy (non-hydrogen) atoms. The molecule has 2 fully saturated rings. The lowest BCUT2D eigenvalue weighted by atomic mass is 9.77. The van der Waals surface area contributed by atoms with Crippen molar-refractivity contribution < 1.29 is 29.0 Å². The van der Waals surface area contributed by atoms with Gasteiger partial charge in [-0.15, -0.1) is 0 Å². The SMILES string of the molecule is CCOc1ccc(N2CC=C[C@H]3O[C@]45C=CCN(C(C)(C)C)C(=O)C4N([C@@H](CO)C(C)C)C(=O)[C@@H]5[C@H]3C2=O)cc1. The second-order valence-corrected chi connectivity index (χ2v) is 12.4. The molecule has 9 heteroatoms. The number of carbonyl (C=O) groups is 3. The van der Waals surface area contributed by atoms with Gasteiger partial charge in [0.1, 0.15) is 17.4 Å². The third-order valence-electron chi connectivity index (χ3n) is 8.68. The van der Waals surface area contributed by atoms with Crippen LogP contribution in [0.3, 0.4) is 0 Å². The molecule has 1 spiro atoms. The number of fused-ring (bicyclic) bond motifs is 2. The minimum absolute atomic E-state index is 0.117. The Balaban J connectivity index is 1.60. The zero-order valence-electron chi connectivity index (χ0n) is 24.2. The molecule has 9 nitrogen and oxygen atoms in total. The first-order valence-electron chi connectivity index (χ1n) is 14.3. The maximum absolute atomic E-state index is 14.5. The minimum atomic E-state index is -1.33. The number of ether oxygens (including phenoxy) is 2. The van der Waals surface area contributed by atoms with Crippen molar-refractivity contribution in [1.29, 1.82) is 0 Å². The molecule has 2 saturated heterocycles. The van der Waals surface area contributed by atoms with E-state index in [9.17, 15) is 19.5 Å². The largest absolute Gasteiger partial charge is 0.494 e. The molecular formula is C31H41N3O6. The van der Waals surface area contributed by atoms with Crippen LogP contribution in [0.2, 0.25) is 0 Å². The third kappa shape index (κ3) is 4.34. The molecule has 6 atom stereocenters. The number of likely N-dealkylation sites (tertiary alicyclic amines) is 1. The first kappa shape index (κ1) is 28.4. The highest BCUT2D eigenvalue weighted by atomic mass is 16.5. The normalized spacial score (nSPS) is 30.8. The van der Waals surface area contributed by atoms with Crippen molar-refractivity contribution in [3.63, 3.8) is 0 Å². The monoisotopic (exact) mass is 551 g/mol. The quantitative estimate of drug-likeness (QED) is 0.546. The third-order valence-corrected chi connectivity index (χ3v) is 8.68. The van der Waals surface area contributed by atoms with Gasteiger partial charge in [0, 0.05) is 24.3 Å². The number of hydrogen-bond acceptors (Lipinski definition) is 6. The summed E-state index contributed by atoms with van der Waals surface area (Å²) in [6.45, 7) is 12.6. The van der Waals surface area contributed by atoms with Crippen LogP contribution >= 0.6 is 0 Å². The number of aliphatic hydroxyl groups is 1. The van der Waals surface area contributed by atoms with Gasteiger partial charge in [0.05, 0.1) is 37.2 Å². The van der Waals surface area contributed by atoms with Crippen LogP contribution in [0.25, 0.3) is 0 Å². The van der Waals surface area contributed by atoms with E-state index in [1.165, 1.54) is 4.90 Å². The summed E-state index contributed by atoms with van der Waals surface area (Å²) in [5, 5.41) is 10.4. The molecule has 0 aromatic heterocycles. The first-order chi connectivity index (χ1) is 19.0. The Kier molecular flexibility index (Phi) is 7.33. The van der Waals surface area contributed by atoms with Crippen LogP contribution < -0.4 is 9.64 Å². The second-order valence-electron chi connectivity index (χ2n) is 12.4. The van der Waals surface area contributed by atoms with Crippen LogP contribution in [0.5, 0.6) is 5.75 Å². The Bertz CT molecular complexity index is 1220. The van der Waals surface area contributed by atoms with Gasteiger partial charge in [-0.1, -0.05) is 38.2 Å². The Hall–Kier alpha value is -3.17. The number of aliphatic hydroxyl groups excluding tert-OH is 1. The summed E-state index contributed by atoms with van der Waals surface area (Å²) in [5.41, 5.74) is -1.14. The minimum Gasteiger partial charge on any atom is -0.494 e. The van der Waals surface area contributed by atoms with Gasteiger partial charge in [-0.3, -0.25) is 14.4 Å². The lowest BCUT2D eigenvalue weighted by molar-refractivity contribution is -0.154. The molecule has 1 unspecified atom stereocenters. The topological polar surface area (TPSA) is 99.6 Å². The Morgan fingerprint density at radius 2 is 1.75 bits per heavy atom. The van der Waals surface area contributed by atoms with E-state index in [1.54, 1.807) is 9.80 Å². The van der Waals surface area contributed by atoms with Crippen LogP contribution in [0, 0.1) is 17.8 Å². The molecular weight excluding hydrogens is 510 g/mol. The van der Waals surface area contributed by atoms with Gasteiger partial charge in [-0.05, 0) is 57.9 Å². The number of anilines is 1. The molecule has 216 valence electrons. The van der Waals surface area contributed by atoms with E-state index < -0.39 is 41.2 Å². The Morgan fingerprint density at radius 3 is 2.35 bits per heavy atom. The molecule has 4 aliphatic heterocycles. The number of nitrogens with zero attached hydrogens (tertiary/aromatic N) is 3. The van der Waals surface area contributed by atoms with Crippen molar-refractivity contribution in [2.45, 2.75) is 70.9 Å². The second kappa shape index (κ2) is 10.3. The van der Waals surface area contributed by atoms with Gasteiger partial charge < -0.3 is 29.3 Å². The van der Waals surface area contributed by atoms with Crippen molar-refractivity contribution in [3.8, 4) is 5.75 Å². The van der Waals surface area contributed by atoms with E-state index in [2.05, 4.69) is 0 Å². The van der Waals surface area contributed by atoms with E-state index in [1.807, 2.05) is 90.1 Å². The van der Waals surface area contributed by atoms with E-state index >= 15 is 0 Å². The molecule has 3 amide bonds. The van der Waals surface area contributed by atoms with Crippen LogP contribution in [0.15, 0.2) is 48.6 Å². The van der Waals surface area contributed by atoms with Crippen LogP contribution in [-0.2, 0) is 19.1 Å². The molecule has 4 heterocycles. The molecule has 1 N–H and O–H groups in total. The lowest BCUT2D eigenvalue weighted by Crippen LogP contribution is -2.61. The fourth-order valence-corrected chi connectivity index (χ4v) is 6.78. The molecule has 0 bridgehead atoms. The number of hydrogen-bond donors (Lipinski definition) is 1. The van der Waals surface area contributed by atoms with Gasteiger partial charge in [-0.2, -0.15) is 0 Å². The van der Waals surface area contributed by atoms with Gasteiger partial charge >= 0.3 is 0 Å². The van der Waals surface area contributed by atoms with Gasteiger partial charge in [0.25, 0.3) is 0 Å². The lowest BCUT2D eigenvalue weighted by Gasteiger charge is -2.42. The molecule has 1 aromatic rings. The van der Waals surface area contributed by atoms with Gasteiger partial charge in [-0.25, -0.2) is 0 Å². The van der Waals surface area contributed by atoms with E-state index in [0.29, 0.717) is 31.1 Å². The number of benzene rings is 1. The highest BCUT2D eigenvalue weighted by Crippen LogP contribution is 2.54. The van der Waals surface area contributed by atoms with Crippen molar-refractivity contribution in [1.82, 2.24) is 9.80 Å². The zero-order chi connectivity index (χ0) is 29.0. The maximum Gasteiger partial charge on any atom is 0.249 e. The fourth-order valence-electron chi connectivity index (χ4n) is 6.78. The fraction of sp³-hybridized carbons (Fsp3) is 0.581. The average Bonchev–Trinajstić information content (AvgIpc) is 3.20. The number of carbonyl (C=O) groups excluding carboxylic acids is 3. The first-order valence-corrected chi connectivity index (χ1v) is 14.3. The standard InChI is InChI=1S/C31H41N3O6/c1-7-39-21-13-11-20(12-14-21)32-16-8-10-23-24(27(32)36)25-28(37)34(22(18-35)19(2)3)26-29(38)33(30(4,5)6)17-9-15-31(25,26)40-23/h8-15,19,22-26,35H,7,16-18H2,1-6H3/t22-,23+,24-,25-,26?,31-/m0/s1. The summed E-state index contributed by atoms with van der Waals surface area (Å²) in [6.07, 6.45) is 6.82. The van der Waals surface area contributed by atoms with Crippen LogP contribution in [0.1, 0.15) is 41.5 Å². The molecule has 1 aromatic carbocycles. The smallest absolute Gasteiger partial charge is 0.249 e. The van der Waals surface area contributed by atoms with Gasteiger partial charge in [0.2, 0.25) is 17.7 Å². The summed E-state index contributed by atoms with van der Waals surface area (Å²) in [5.74, 6) is -1.92. The maximum atomic E-state index is 14.5. The predicted octanol–water partition coefficient (Wildman–Crippen LogP) is 2.78. The molecule has 0 aliphatic carbocycles. The van der Waals surface area contributed by atoms with Gasteiger partial charge in [0.15, 0.2) is 0 Å². The zero-order valence-corrected chi connectivity index (χ0v) is 24.2. The number of rotatable bonds is 6. The van der Waals surface area contributed by atoms with Crippen LogP contribution in [-0.4, -0.2) is 88.3 Å². The molecule has 5 rings (SSSR count). The van der Waals surface area contributed by atoms with Crippen molar-refractivity contribution in [3.05, 3.63) is 48.6 Å². The van der Waals surface area contributed by atoms with Crippen molar-refractivity contribution >= 4 is 23.4 Å². The summed E-state index contributed by atoms with van der Waals surface area (Å²) in [7, 11) is 0. The van der Waals surface area contributed by atoms with Crippen molar-refractivity contribution in [2.24, 2.45) is 17.8 Å². The Labute approximate surface area is 236 Å². The summed E-state index contributed by atoms with van der Waals surface area (Å²) < 4.78 is 12.3. The Morgan fingerprint density at radius 1 is 1.05 bits per heavy atom. The summed E-state index contributed by atoms with van der Waals surface area (Å²) in [6, 6.07) is 5.74. The highest BCUT2D eigenvalue weighted by Gasteiger charge is 2.73. The summed E-state index contributed by atoms with van der Waals surface area (Å²) >= 11 is 0. The van der Waals surface area contributed by atoms with E-state index in [4.69, 9.17) is 9.47 Å². The highest BCUT2D eigenvalue weighted by molar-refractivity contribution is 6.04. The van der Waals surface area contributed by atoms with Crippen molar-refractivity contribution in [2.75, 3.05) is 31.2 Å². The van der Waals surface area contributed by atoms with E-state index in [-0.39, 0.29) is 30.2 Å². The molecule has 0 saturated carbocycles. The van der Waals surface area contributed by atoms with Crippen LogP contribution in [0.4, 0.5) is 5.69 Å². The number of amides is 3. The average molecular weight is 552 g/mol. The summed E-state index contributed by atoms with van der Waals surface area (Å²) in [4.78, 5) is 48.1. The molecule has 4 aliphatic rings.